The van der Waals surface area contributed by atoms with Crippen molar-refractivity contribution < 1.29 is 9.53 Å². The van der Waals surface area contributed by atoms with Gasteiger partial charge in [-0.2, -0.15) is 0 Å². The fourth-order valence-electron chi connectivity index (χ4n) is 3.94. The lowest BCUT2D eigenvalue weighted by molar-refractivity contribution is -0.111. The number of benzene rings is 4. The molecule has 0 aliphatic rings. The Morgan fingerprint density at radius 3 is 2.11 bits per heavy atom. The maximum atomic E-state index is 13.4. The van der Waals surface area contributed by atoms with Gasteiger partial charge in [-0.3, -0.25) is 4.79 Å². The number of carbonyl (C=O) groups excluding carboxylic acids is 1. The van der Waals surface area contributed by atoms with Crippen molar-refractivity contribution in [2.75, 3.05) is 17.7 Å². The zero-order valence-electron chi connectivity index (χ0n) is 20.8. The highest BCUT2D eigenvalue weighted by atomic mass is 16.5. The highest BCUT2D eigenvalue weighted by Gasteiger charge is 2.13. The average molecular weight is 499 g/mol. The van der Waals surface area contributed by atoms with Gasteiger partial charge in [-0.05, 0) is 53.6 Å². The van der Waals surface area contributed by atoms with Crippen molar-refractivity contribution in [2.45, 2.75) is 0 Å². The minimum Gasteiger partial charge on any atom is -0.497 e. The SMILES string of the molecule is COc1ccc(/C=C(/C(=O)Nc2ccc(Nc3cc(-c4ccccc4)ncn3)cc2)c2ccccc2)cc1. The minimum atomic E-state index is -0.198. The number of hydrogen-bond acceptors (Lipinski definition) is 5. The molecule has 0 unspecified atom stereocenters. The lowest BCUT2D eigenvalue weighted by atomic mass is 10.0. The zero-order chi connectivity index (χ0) is 26.2. The van der Waals surface area contributed by atoms with E-state index in [9.17, 15) is 4.79 Å². The van der Waals surface area contributed by atoms with E-state index in [0.717, 1.165) is 33.8 Å². The molecule has 0 bridgehead atoms. The molecule has 0 aliphatic carbocycles. The molecule has 4 aromatic carbocycles. The molecule has 5 aromatic rings. The van der Waals surface area contributed by atoms with E-state index >= 15 is 0 Å². The van der Waals surface area contributed by atoms with Crippen LogP contribution in [0.4, 0.5) is 17.2 Å². The van der Waals surface area contributed by atoms with Gasteiger partial charge in [-0.15, -0.1) is 0 Å². The van der Waals surface area contributed by atoms with Crippen molar-refractivity contribution in [3.8, 4) is 17.0 Å². The van der Waals surface area contributed by atoms with Crippen LogP contribution in [0, 0.1) is 0 Å². The number of nitrogens with zero attached hydrogens (tertiary/aromatic N) is 2. The molecule has 0 spiro atoms. The fourth-order valence-corrected chi connectivity index (χ4v) is 3.94. The first-order chi connectivity index (χ1) is 18.7. The van der Waals surface area contributed by atoms with Crippen LogP contribution in [0.1, 0.15) is 11.1 Å². The summed E-state index contributed by atoms with van der Waals surface area (Å²) in [7, 11) is 1.63. The van der Waals surface area contributed by atoms with Crippen LogP contribution >= 0.6 is 0 Å². The lowest BCUT2D eigenvalue weighted by Crippen LogP contribution is -2.13. The van der Waals surface area contributed by atoms with Gasteiger partial charge in [0.1, 0.15) is 17.9 Å². The quantitative estimate of drug-likeness (QED) is 0.177. The molecule has 0 fully saturated rings. The highest BCUT2D eigenvalue weighted by Crippen LogP contribution is 2.24. The predicted octanol–water partition coefficient (Wildman–Crippen LogP) is 7.08. The van der Waals surface area contributed by atoms with E-state index in [1.54, 1.807) is 13.4 Å². The van der Waals surface area contributed by atoms with Crippen molar-refractivity contribution in [1.29, 1.82) is 0 Å². The summed E-state index contributed by atoms with van der Waals surface area (Å²) in [5, 5.41) is 6.32. The molecule has 186 valence electrons. The van der Waals surface area contributed by atoms with Crippen LogP contribution in [-0.2, 0) is 4.79 Å². The van der Waals surface area contributed by atoms with Gasteiger partial charge in [0, 0.05) is 28.6 Å². The summed E-state index contributed by atoms with van der Waals surface area (Å²) < 4.78 is 5.25. The minimum absolute atomic E-state index is 0.198. The van der Waals surface area contributed by atoms with E-state index in [0.29, 0.717) is 17.1 Å². The van der Waals surface area contributed by atoms with Crippen LogP contribution in [0.2, 0.25) is 0 Å². The third-order valence-electron chi connectivity index (χ3n) is 5.91. The molecule has 6 nitrogen and oxygen atoms in total. The molecule has 0 aliphatic heterocycles. The molecule has 1 heterocycles. The summed E-state index contributed by atoms with van der Waals surface area (Å²) >= 11 is 0. The maximum Gasteiger partial charge on any atom is 0.256 e. The van der Waals surface area contributed by atoms with E-state index in [1.807, 2.05) is 121 Å². The first-order valence-electron chi connectivity index (χ1n) is 12.1. The second-order valence-electron chi connectivity index (χ2n) is 8.51. The van der Waals surface area contributed by atoms with Gasteiger partial charge in [0.05, 0.1) is 12.8 Å². The Morgan fingerprint density at radius 1 is 0.763 bits per heavy atom. The Kier molecular flexibility index (Phi) is 7.51. The Balaban J connectivity index is 1.31. The largest absolute Gasteiger partial charge is 0.497 e. The number of carbonyl (C=O) groups is 1. The summed E-state index contributed by atoms with van der Waals surface area (Å²) in [6, 6.07) is 36.6. The van der Waals surface area contributed by atoms with Crippen molar-refractivity contribution in [3.05, 3.63) is 133 Å². The number of anilines is 3. The molecule has 38 heavy (non-hydrogen) atoms. The van der Waals surface area contributed by atoms with Crippen molar-refractivity contribution >= 4 is 34.7 Å². The summed E-state index contributed by atoms with van der Waals surface area (Å²) in [5.74, 6) is 1.25. The van der Waals surface area contributed by atoms with Crippen molar-refractivity contribution in [1.82, 2.24) is 9.97 Å². The van der Waals surface area contributed by atoms with E-state index in [1.165, 1.54) is 0 Å². The summed E-state index contributed by atoms with van der Waals surface area (Å²) in [6.45, 7) is 0. The Hall–Kier alpha value is -5.23. The summed E-state index contributed by atoms with van der Waals surface area (Å²) in [4.78, 5) is 22.1. The number of amides is 1. The number of aromatic nitrogens is 2. The fraction of sp³-hybridized carbons (Fsp3) is 0.0312. The Morgan fingerprint density at radius 2 is 1.42 bits per heavy atom. The van der Waals surface area contributed by atoms with Gasteiger partial charge in [0.2, 0.25) is 0 Å². The molecule has 5 rings (SSSR count). The Labute approximate surface area is 221 Å². The lowest BCUT2D eigenvalue weighted by Gasteiger charge is -2.11. The number of methoxy groups -OCH3 is 1. The van der Waals surface area contributed by atoms with E-state index in [2.05, 4.69) is 20.6 Å². The third kappa shape index (κ3) is 6.12. The second kappa shape index (κ2) is 11.7. The summed E-state index contributed by atoms with van der Waals surface area (Å²) in [5.41, 5.74) is 5.68. The standard InChI is InChI=1S/C32H26N4O2/c1-38-28-18-12-23(13-19-28)20-29(24-8-4-2-5-9-24)32(37)36-27-16-14-26(15-17-27)35-31-21-30(33-22-34-31)25-10-6-3-7-11-25/h2-22H,1H3,(H,36,37)(H,33,34,35)/b29-20+. The molecular weight excluding hydrogens is 472 g/mol. The van der Waals surface area contributed by atoms with E-state index in [4.69, 9.17) is 4.74 Å². The maximum absolute atomic E-state index is 13.4. The Bertz CT molecular complexity index is 1530. The van der Waals surface area contributed by atoms with Crippen LogP contribution in [0.5, 0.6) is 5.75 Å². The normalized spacial score (nSPS) is 11.0. The van der Waals surface area contributed by atoms with Gasteiger partial charge >= 0.3 is 0 Å². The van der Waals surface area contributed by atoms with E-state index < -0.39 is 0 Å². The molecule has 1 aromatic heterocycles. The van der Waals surface area contributed by atoms with Gasteiger partial charge in [-0.25, -0.2) is 9.97 Å². The van der Waals surface area contributed by atoms with Crippen LogP contribution in [0.15, 0.2) is 122 Å². The van der Waals surface area contributed by atoms with Crippen LogP contribution in [0.25, 0.3) is 22.9 Å². The van der Waals surface area contributed by atoms with Gasteiger partial charge in [0.25, 0.3) is 5.91 Å². The molecule has 2 N–H and O–H groups in total. The molecule has 0 radical (unpaired) electrons. The van der Waals surface area contributed by atoms with Crippen LogP contribution in [0.3, 0.4) is 0 Å². The van der Waals surface area contributed by atoms with E-state index in [-0.39, 0.29) is 5.91 Å². The topological polar surface area (TPSA) is 76.1 Å². The predicted molar refractivity (Wildman–Crippen MR) is 153 cm³/mol. The highest BCUT2D eigenvalue weighted by molar-refractivity contribution is 6.29. The number of rotatable bonds is 8. The number of ether oxygens (including phenoxy) is 1. The van der Waals surface area contributed by atoms with Gasteiger partial charge in [-0.1, -0.05) is 72.8 Å². The van der Waals surface area contributed by atoms with Crippen molar-refractivity contribution in [3.63, 3.8) is 0 Å². The monoisotopic (exact) mass is 498 g/mol. The molecule has 0 atom stereocenters. The first kappa shape index (κ1) is 24.5. The molecular formula is C32H26N4O2. The molecule has 0 saturated heterocycles. The molecule has 6 heteroatoms. The van der Waals surface area contributed by atoms with Crippen molar-refractivity contribution in [2.24, 2.45) is 0 Å². The number of nitrogens with one attached hydrogen (secondary N) is 2. The van der Waals surface area contributed by atoms with Crippen LogP contribution in [-0.4, -0.2) is 23.0 Å². The van der Waals surface area contributed by atoms with Gasteiger partial charge < -0.3 is 15.4 Å². The summed E-state index contributed by atoms with van der Waals surface area (Å²) in [6.07, 6.45) is 3.42. The molecule has 1 amide bonds. The first-order valence-corrected chi connectivity index (χ1v) is 12.1. The third-order valence-corrected chi connectivity index (χ3v) is 5.91. The van der Waals surface area contributed by atoms with Gasteiger partial charge in [0.15, 0.2) is 0 Å². The smallest absolute Gasteiger partial charge is 0.256 e. The van der Waals surface area contributed by atoms with Crippen LogP contribution < -0.4 is 15.4 Å². The average Bonchev–Trinajstić information content (AvgIpc) is 2.98. The second-order valence-corrected chi connectivity index (χ2v) is 8.51. The number of hydrogen-bond donors (Lipinski definition) is 2. The zero-order valence-corrected chi connectivity index (χ0v) is 20.8. The molecule has 0 saturated carbocycles.